The Morgan fingerprint density at radius 1 is 0.955 bits per heavy atom. The molecule has 0 spiro atoms. The lowest BCUT2D eigenvalue weighted by Gasteiger charge is -2.11. The molecule has 0 aromatic heterocycles. The normalized spacial score (nSPS) is 14.4. The average molecular weight is 305 g/mol. The predicted molar refractivity (Wildman–Crippen MR) is 99.5 cm³/mol. The zero-order valence-electron chi connectivity index (χ0n) is 13.4. The smallest absolute Gasteiger partial charge is 0.0806 e. The number of hydrogen-bond acceptors (Lipinski definition) is 0. The fourth-order valence-electron chi connectivity index (χ4n) is 3.25. The van der Waals surface area contributed by atoms with Gasteiger partial charge in [-0.3, -0.25) is 0 Å². The Morgan fingerprint density at radius 3 is 2.55 bits per heavy atom. The van der Waals surface area contributed by atoms with Crippen molar-refractivity contribution in [2.24, 2.45) is 0 Å². The van der Waals surface area contributed by atoms with Crippen LogP contribution in [-0.4, -0.2) is 9.52 Å². The highest BCUT2D eigenvalue weighted by Crippen LogP contribution is 2.22. The minimum atomic E-state index is -0.330. The fraction of sp³-hybridized carbons (Fsp3) is 0.238. The molecule has 0 nitrogen and oxygen atoms in total. The van der Waals surface area contributed by atoms with Crippen LogP contribution in [0.25, 0.3) is 0 Å². The Bertz CT molecular complexity index is 680. The van der Waals surface area contributed by atoms with Crippen LogP contribution in [-0.2, 0) is 12.8 Å². The van der Waals surface area contributed by atoms with Gasteiger partial charge in [-0.1, -0.05) is 90.5 Å². The van der Waals surface area contributed by atoms with Crippen molar-refractivity contribution in [3.63, 3.8) is 0 Å². The molecule has 0 heterocycles. The molecule has 0 aliphatic heterocycles. The number of benzene rings is 2. The maximum absolute atomic E-state index is 2.36. The van der Waals surface area contributed by atoms with Gasteiger partial charge in [0.1, 0.15) is 0 Å². The lowest BCUT2D eigenvalue weighted by Crippen LogP contribution is -2.21. The highest BCUT2D eigenvalue weighted by molar-refractivity contribution is 6.61. The molecule has 1 heteroatoms. The highest BCUT2D eigenvalue weighted by Gasteiger charge is 2.12. The van der Waals surface area contributed by atoms with Gasteiger partial charge in [0.25, 0.3) is 0 Å². The minimum Gasteiger partial charge on any atom is -0.0806 e. The molecule has 0 amide bonds. The Hall–Kier alpha value is -1.86. The van der Waals surface area contributed by atoms with E-state index in [4.69, 9.17) is 0 Å². The van der Waals surface area contributed by atoms with Crippen molar-refractivity contribution in [1.82, 2.24) is 0 Å². The quantitative estimate of drug-likeness (QED) is 0.710. The Balaban J connectivity index is 1.80. The molecule has 0 saturated heterocycles. The molecule has 2 aromatic carbocycles. The molecule has 0 saturated carbocycles. The molecular formula is C21H24Si. The second-order valence-corrected chi connectivity index (χ2v) is 8.06. The fourth-order valence-corrected chi connectivity index (χ4v) is 5.27. The molecule has 3 rings (SSSR count). The van der Waals surface area contributed by atoms with Crippen molar-refractivity contribution in [3.05, 3.63) is 88.6 Å². The molecule has 112 valence electrons. The summed E-state index contributed by atoms with van der Waals surface area (Å²) in [5.41, 5.74) is 4.58. The third kappa shape index (κ3) is 3.66. The lowest BCUT2D eigenvalue weighted by molar-refractivity contribution is 0.927. The van der Waals surface area contributed by atoms with Crippen molar-refractivity contribution in [3.8, 4) is 0 Å². The first-order chi connectivity index (χ1) is 10.9. The van der Waals surface area contributed by atoms with Crippen molar-refractivity contribution < 1.29 is 0 Å². The van der Waals surface area contributed by atoms with Crippen LogP contribution in [0.1, 0.15) is 30.9 Å². The van der Waals surface area contributed by atoms with Gasteiger partial charge in [0.2, 0.25) is 0 Å². The molecule has 0 unspecified atom stereocenters. The van der Waals surface area contributed by atoms with E-state index in [1.165, 1.54) is 24.8 Å². The van der Waals surface area contributed by atoms with Gasteiger partial charge in [-0.25, -0.2) is 0 Å². The van der Waals surface area contributed by atoms with Gasteiger partial charge >= 0.3 is 0 Å². The van der Waals surface area contributed by atoms with E-state index in [-0.39, 0.29) is 9.52 Å². The second kappa shape index (κ2) is 7.41. The Morgan fingerprint density at radius 2 is 1.73 bits per heavy atom. The predicted octanol–water partition coefficient (Wildman–Crippen LogP) is 3.89. The molecule has 2 aromatic rings. The molecule has 0 N–H and O–H groups in total. The molecule has 0 fully saturated rings. The standard InChI is InChI=1S/C21H24Si/c1-2-9-18-12-6-7-14-20(18)22-21-15-8-13-19(21)16-17-10-4-3-5-11-17/h3-8,10-14H,2,9,15-16,22H2,1H3. The van der Waals surface area contributed by atoms with Crippen molar-refractivity contribution in [2.45, 2.75) is 32.6 Å². The van der Waals surface area contributed by atoms with Gasteiger partial charge in [-0.15, -0.1) is 0 Å². The van der Waals surface area contributed by atoms with E-state index in [2.05, 4.69) is 73.7 Å². The minimum absolute atomic E-state index is 0.330. The van der Waals surface area contributed by atoms with Gasteiger partial charge in [-0.05, 0) is 36.0 Å². The summed E-state index contributed by atoms with van der Waals surface area (Å²) >= 11 is 0. The van der Waals surface area contributed by atoms with Crippen LogP contribution in [0.5, 0.6) is 0 Å². The van der Waals surface area contributed by atoms with Crippen LogP contribution in [0, 0.1) is 0 Å². The number of aryl methyl sites for hydroxylation is 1. The molecular weight excluding hydrogens is 280 g/mol. The summed E-state index contributed by atoms with van der Waals surface area (Å²) in [5.74, 6) is 0. The molecule has 0 bridgehead atoms. The van der Waals surface area contributed by atoms with Crippen molar-refractivity contribution >= 4 is 14.7 Å². The third-order valence-electron chi connectivity index (χ3n) is 4.42. The molecule has 0 radical (unpaired) electrons. The largest absolute Gasteiger partial charge is 0.0835 e. The van der Waals surface area contributed by atoms with E-state index in [0.717, 1.165) is 6.42 Å². The topological polar surface area (TPSA) is 0 Å². The van der Waals surface area contributed by atoms with Crippen molar-refractivity contribution in [1.29, 1.82) is 0 Å². The first-order valence-electron chi connectivity index (χ1n) is 8.35. The lowest BCUT2D eigenvalue weighted by atomic mass is 10.1. The number of allylic oxidation sites excluding steroid dienone is 4. The molecule has 1 aliphatic rings. The van der Waals surface area contributed by atoms with E-state index in [1.807, 2.05) is 0 Å². The van der Waals surface area contributed by atoms with E-state index in [1.54, 1.807) is 21.5 Å². The SMILES string of the molecule is CCCc1ccccc1[SiH2]C1=C(Cc2ccccc2)C=CC1. The van der Waals surface area contributed by atoms with Crippen molar-refractivity contribution in [2.75, 3.05) is 0 Å². The van der Waals surface area contributed by atoms with E-state index >= 15 is 0 Å². The van der Waals surface area contributed by atoms with Crippen LogP contribution in [0.15, 0.2) is 77.5 Å². The van der Waals surface area contributed by atoms with Gasteiger partial charge in [-0.2, -0.15) is 0 Å². The molecule has 1 aliphatic carbocycles. The first-order valence-corrected chi connectivity index (χ1v) is 9.76. The zero-order valence-corrected chi connectivity index (χ0v) is 14.8. The first kappa shape index (κ1) is 15.0. The summed E-state index contributed by atoms with van der Waals surface area (Å²) in [5, 5.41) is 3.38. The van der Waals surface area contributed by atoms with Gasteiger partial charge in [0.15, 0.2) is 0 Å². The Labute approximate surface area is 136 Å². The van der Waals surface area contributed by atoms with Gasteiger partial charge < -0.3 is 0 Å². The van der Waals surface area contributed by atoms with Crippen LogP contribution in [0.4, 0.5) is 0 Å². The summed E-state index contributed by atoms with van der Waals surface area (Å²) in [6.45, 7) is 2.27. The monoisotopic (exact) mass is 304 g/mol. The maximum atomic E-state index is 2.36. The van der Waals surface area contributed by atoms with E-state index in [9.17, 15) is 0 Å². The number of hydrogen-bond donors (Lipinski definition) is 0. The van der Waals surface area contributed by atoms with Crippen LogP contribution in [0.2, 0.25) is 0 Å². The summed E-state index contributed by atoms with van der Waals surface area (Å²) in [4.78, 5) is 0. The van der Waals surface area contributed by atoms with Crippen LogP contribution < -0.4 is 5.19 Å². The Kier molecular flexibility index (Phi) is 5.07. The van der Waals surface area contributed by atoms with Crippen LogP contribution >= 0.6 is 0 Å². The van der Waals surface area contributed by atoms with Crippen LogP contribution in [0.3, 0.4) is 0 Å². The summed E-state index contributed by atoms with van der Waals surface area (Å²) in [7, 11) is -0.330. The third-order valence-corrected chi connectivity index (χ3v) is 6.66. The summed E-state index contributed by atoms with van der Waals surface area (Å²) in [6, 6.07) is 19.9. The molecule has 22 heavy (non-hydrogen) atoms. The van der Waals surface area contributed by atoms with Gasteiger partial charge in [0, 0.05) is 0 Å². The summed E-state index contributed by atoms with van der Waals surface area (Å²) < 4.78 is 0. The maximum Gasteiger partial charge on any atom is 0.0835 e. The van der Waals surface area contributed by atoms with E-state index in [0.29, 0.717) is 0 Å². The zero-order chi connectivity index (χ0) is 15.2. The van der Waals surface area contributed by atoms with E-state index < -0.39 is 0 Å². The summed E-state index contributed by atoms with van der Waals surface area (Å²) in [6.07, 6.45) is 9.43. The number of rotatable bonds is 6. The highest BCUT2D eigenvalue weighted by atomic mass is 28.2. The van der Waals surface area contributed by atoms with Gasteiger partial charge in [0.05, 0.1) is 9.52 Å². The molecule has 0 atom stereocenters. The average Bonchev–Trinajstić information content (AvgIpc) is 2.97. The second-order valence-electron chi connectivity index (χ2n) is 6.09.